The molecule has 1 aromatic heterocycles. The van der Waals surface area contributed by atoms with Crippen LogP contribution in [0, 0.1) is 19.7 Å². The second-order valence-electron chi connectivity index (χ2n) is 9.15. The van der Waals surface area contributed by atoms with Crippen LogP contribution in [0.15, 0.2) is 48.5 Å². The molecule has 1 amide bonds. The smallest absolute Gasteiger partial charge is 0.242 e. The molecule has 4 rings (SSSR count). The number of fused-ring (bicyclic) bond motifs is 1. The molecule has 6 heteroatoms. The van der Waals surface area contributed by atoms with E-state index in [2.05, 4.69) is 16.5 Å². The van der Waals surface area contributed by atoms with E-state index < -0.39 is 5.54 Å². The Morgan fingerprint density at radius 3 is 2.58 bits per heavy atom. The maximum atomic E-state index is 13.8. The quantitative estimate of drug-likeness (QED) is 0.575. The van der Waals surface area contributed by atoms with Crippen LogP contribution in [0.3, 0.4) is 0 Å². The topological polar surface area (TPSA) is 64.2 Å². The number of nitrogens with zero attached hydrogens (tertiary/aromatic N) is 3. The maximum Gasteiger partial charge on any atom is 0.242 e. The molecule has 5 nitrogen and oxygen atoms in total. The van der Waals surface area contributed by atoms with Gasteiger partial charge in [0.2, 0.25) is 5.91 Å². The number of rotatable bonds is 7. The van der Waals surface area contributed by atoms with Gasteiger partial charge in [-0.25, -0.2) is 4.39 Å². The molecule has 0 bridgehead atoms. The van der Waals surface area contributed by atoms with Gasteiger partial charge in [-0.05, 0) is 63.3 Å². The van der Waals surface area contributed by atoms with Gasteiger partial charge >= 0.3 is 0 Å². The van der Waals surface area contributed by atoms with Crippen LogP contribution in [0.1, 0.15) is 60.0 Å². The van der Waals surface area contributed by atoms with Crippen molar-refractivity contribution in [2.75, 3.05) is 6.54 Å². The number of benzene rings is 2. The minimum Gasteiger partial charge on any atom is -0.368 e. The van der Waals surface area contributed by atoms with Gasteiger partial charge in [-0.15, -0.1) is 0 Å². The number of aryl methyl sites for hydroxylation is 4. The van der Waals surface area contributed by atoms with Crippen molar-refractivity contribution >= 4 is 5.91 Å². The first-order valence-corrected chi connectivity index (χ1v) is 11.7. The highest BCUT2D eigenvalue weighted by molar-refractivity contribution is 5.86. The minimum absolute atomic E-state index is 0.0304. The van der Waals surface area contributed by atoms with E-state index in [4.69, 9.17) is 10.8 Å². The molecule has 0 spiro atoms. The highest BCUT2D eigenvalue weighted by Crippen LogP contribution is 2.43. The van der Waals surface area contributed by atoms with E-state index in [0.29, 0.717) is 12.1 Å². The van der Waals surface area contributed by atoms with Crippen LogP contribution in [0.4, 0.5) is 4.39 Å². The van der Waals surface area contributed by atoms with Gasteiger partial charge in [0.1, 0.15) is 11.4 Å². The van der Waals surface area contributed by atoms with E-state index >= 15 is 0 Å². The van der Waals surface area contributed by atoms with E-state index in [1.165, 1.54) is 17.3 Å². The van der Waals surface area contributed by atoms with Crippen molar-refractivity contribution in [1.29, 1.82) is 0 Å². The molecule has 0 saturated carbocycles. The normalized spacial score (nSPS) is 18.0. The van der Waals surface area contributed by atoms with Crippen LogP contribution in [-0.2, 0) is 29.7 Å². The Balaban J connectivity index is 1.78. The highest BCUT2D eigenvalue weighted by atomic mass is 19.1. The number of hydrogen-bond acceptors (Lipinski definition) is 3. The SMILES string of the molecule is CCn1nc(C)c2c1CCN(C(C)(C(N)=O)c1ccccc1)C2CCc1ccc(F)c(C)c1. The number of hydrogen-bond donors (Lipinski definition) is 1. The van der Waals surface area contributed by atoms with Crippen molar-refractivity contribution in [3.8, 4) is 0 Å². The summed E-state index contributed by atoms with van der Waals surface area (Å²) in [5.74, 6) is -0.550. The van der Waals surface area contributed by atoms with Crippen LogP contribution < -0.4 is 5.73 Å². The summed E-state index contributed by atoms with van der Waals surface area (Å²) in [6.45, 7) is 9.40. The van der Waals surface area contributed by atoms with Crippen molar-refractivity contribution in [2.45, 2.75) is 65.1 Å². The minimum atomic E-state index is -0.955. The summed E-state index contributed by atoms with van der Waals surface area (Å²) in [5.41, 5.74) is 11.2. The molecule has 0 radical (unpaired) electrons. The molecule has 33 heavy (non-hydrogen) atoms. The Morgan fingerprint density at radius 2 is 1.94 bits per heavy atom. The molecular weight excluding hydrogens is 415 g/mol. The molecule has 2 atom stereocenters. The Bertz CT molecular complexity index is 1160. The second kappa shape index (κ2) is 9.10. The number of aromatic nitrogens is 2. The fraction of sp³-hybridized carbons (Fsp3) is 0.407. The van der Waals surface area contributed by atoms with E-state index in [1.807, 2.05) is 56.3 Å². The predicted molar refractivity (Wildman–Crippen MR) is 128 cm³/mol. The fourth-order valence-electron chi connectivity index (χ4n) is 5.35. The first kappa shape index (κ1) is 23.2. The zero-order valence-electron chi connectivity index (χ0n) is 19.9. The van der Waals surface area contributed by atoms with Gasteiger partial charge in [0.05, 0.1) is 5.69 Å². The summed E-state index contributed by atoms with van der Waals surface area (Å²) in [7, 11) is 0. The molecule has 3 aromatic rings. The average Bonchev–Trinajstić information content (AvgIpc) is 3.15. The third-order valence-electron chi connectivity index (χ3n) is 7.20. The van der Waals surface area contributed by atoms with Crippen molar-refractivity contribution in [2.24, 2.45) is 5.73 Å². The largest absolute Gasteiger partial charge is 0.368 e. The number of halogens is 1. The Kier molecular flexibility index (Phi) is 6.39. The molecule has 0 aliphatic carbocycles. The molecule has 174 valence electrons. The van der Waals surface area contributed by atoms with Gasteiger partial charge in [-0.2, -0.15) is 5.10 Å². The van der Waals surface area contributed by atoms with Crippen molar-refractivity contribution in [1.82, 2.24) is 14.7 Å². The lowest BCUT2D eigenvalue weighted by Gasteiger charge is -2.47. The molecule has 2 N–H and O–H groups in total. The van der Waals surface area contributed by atoms with E-state index in [-0.39, 0.29) is 17.8 Å². The molecule has 2 heterocycles. The summed E-state index contributed by atoms with van der Waals surface area (Å²) >= 11 is 0. The first-order valence-electron chi connectivity index (χ1n) is 11.7. The standard InChI is InChI=1S/C27H33FN4O/c1-5-32-24-15-16-31(27(4,26(29)33)21-9-7-6-8-10-21)23(25(24)19(3)30-32)14-12-20-11-13-22(28)18(2)17-20/h6-11,13,17,23H,5,12,14-16H2,1-4H3,(H2,29,33). The van der Waals surface area contributed by atoms with Gasteiger partial charge in [0.25, 0.3) is 0 Å². The zero-order chi connectivity index (χ0) is 23.8. The van der Waals surface area contributed by atoms with Gasteiger partial charge in [0.15, 0.2) is 0 Å². The number of carbonyl (C=O) groups is 1. The summed E-state index contributed by atoms with van der Waals surface area (Å²) in [5, 5.41) is 4.80. The van der Waals surface area contributed by atoms with E-state index in [1.54, 1.807) is 6.92 Å². The maximum absolute atomic E-state index is 13.8. The van der Waals surface area contributed by atoms with Crippen LogP contribution >= 0.6 is 0 Å². The molecular formula is C27H33FN4O. The van der Waals surface area contributed by atoms with E-state index in [0.717, 1.165) is 42.6 Å². The molecule has 2 unspecified atom stereocenters. The molecule has 1 aliphatic rings. The summed E-state index contributed by atoms with van der Waals surface area (Å²) < 4.78 is 15.9. The lowest BCUT2D eigenvalue weighted by atomic mass is 9.82. The third-order valence-corrected chi connectivity index (χ3v) is 7.20. The van der Waals surface area contributed by atoms with Crippen molar-refractivity contribution in [3.05, 3.63) is 88.0 Å². The Labute approximate surface area is 195 Å². The molecule has 1 aliphatic heterocycles. The third kappa shape index (κ3) is 4.08. The molecule has 2 aromatic carbocycles. The first-order chi connectivity index (χ1) is 15.8. The number of primary amides is 1. The Hall–Kier alpha value is -2.99. The van der Waals surface area contributed by atoms with E-state index in [9.17, 15) is 9.18 Å². The van der Waals surface area contributed by atoms with Gasteiger partial charge in [0, 0.05) is 36.8 Å². The highest BCUT2D eigenvalue weighted by Gasteiger charge is 2.46. The summed E-state index contributed by atoms with van der Waals surface area (Å²) in [6, 6.07) is 15.1. The van der Waals surface area contributed by atoms with Gasteiger partial charge in [-0.1, -0.05) is 42.5 Å². The number of nitrogens with two attached hydrogens (primary N) is 1. The van der Waals surface area contributed by atoms with Crippen LogP contribution in [0.25, 0.3) is 0 Å². The lowest BCUT2D eigenvalue weighted by molar-refractivity contribution is -0.132. The monoisotopic (exact) mass is 448 g/mol. The number of amides is 1. The lowest BCUT2D eigenvalue weighted by Crippen LogP contribution is -2.56. The van der Waals surface area contributed by atoms with Crippen molar-refractivity contribution < 1.29 is 9.18 Å². The van der Waals surface area contributed by atoms with Gasteiger partial charge in [-0.3, -0.25) is 14.4 Å². The summed E-state index contributed by atoms with van der Waals surface area (Å²) in [6.07, 6.45) is 2.36. The van der Waals surface area contributed by atoms with Gasteiger partial charge < -0.3 is 5.73 Å². The van der Waals surface area contributed by atoms with Crippen LogP contribution in [0.5, 0.6) is 0 Å². The second-order valence-corrected chi connectivity index (χ2v) is 9.15. The molecule has 0 saturated heterocycles. The Morgan fingerprint density at radius 1 is 1.21 bits per heavy atom. The zero-order valence-corrected chi connectivity index (χ0v) is 19.9. The average molecular weight is 449 g/mol. The fourth-order valence-corrected chi connectivity index (χ4v) is 5.35. The van der Waals surface area contributed by atoms with Crippen molar-refractivity contribution in [3.63, 3.8) is 0 Å². The van der Waals surface area contributed by atoms with Crippen LogP contribution in [-0.4, -0.2) is 27.1 Å². The predicted octanol–water partition coefficient (Wildman–Crippen LogP) is 4.59. The van der Waals surface area contributed by atoms with Crippen LogP contribution in [0.2, 0.25) is 0 Å². The molecule has 0 fully saturated rings. The number of carbonyl (C=O) groups excluding carboxylic acids is 1. The summed E-state index contributed by atoms with van der Waals surface area (Å²) in [4.78, 5) is 15.3.